The molecule has 0 spiro atoms. The number of benzene rings is 2. The summed E-state index contributed by atoms with van der Waals surface area (Å²) in [4.78, 5) is 13.9. The largest absolute Gasteiger partial charge is 0.491 e. The zero-order valence-electron chi connectivity index (χ0n) is 16.7. The number of rotatable bonds is 7. The third kappa shape index (κ3) is 5.48. The van der Waals surface area contributed by atoms with Crippen LogP contribution < -0.4 is 9.46 Å². The van der Waals surface area contributed by atoms with Crippen LogP contribution in [0.3, 0.4) is 0 Å². The van der Waals surface area contributed by atoms with Crippen molar-refractivity contribution in [1.82, 2.24) is 4.90 Å². The van der Waals surface area contributed by atoms with Crippen LogP contribution in [0.1, 0.15) is 25.3 Å². The van der Waals surface area contributed by atoms with Crippen molar-refractivity contribution in [2.24, 2.45) is 0 Å². The highest BCUT2D eigenvalue weighted by Crippen LogP contribution is 2.23. The topological polar surface area (TPSA) is 95.9 Å². The van der Waals surface area contributed by atoms with E-state index in [4.69, 9.17) is 4.74 Å². The van der Waals surface area contributed by atoms with Gasteiger partial charge in [-0.3, -0.25) is 9.52 Å². The first kappa shape index (κ1) is 22.0. The van der Waals surface area contributed by atoms with E-state index >= 15 is 0 Å². The number of aliphatic hydroxyl groups is 1. The Hall–Kier alpha value is -2.65. The summed E-state index contributed by atoms with van der Waals surface area (Å²) in [6.45, 7) is 3.06. The minimum absolute atomic E-state index is 0.00585. The van der Waals surface area contributed by atoms with E-state index in [1.807, 2.05) is 0 Å². The number of halogens is 1. The Morgan fingerprint density at radius 2 is 1.87 bits per heavy atom. The summed E-state index contributed by atoms with van der Waals surface area (Å²) >= 11 is 0. The average molecular weight is 437 g/mol. The molecule has 1 fully saturated rings. The number of likely N-dealkylation sites (tertiary alicyclic amines) is 1. The van der Waals surface area contributed by atoms with E-state index in [-0.39, 0.29) is 35.7 Å². The van der Waals surface area contributed by atoms with E-state index in [1.54, 1.807) is 36.1 Å². The summed E-state index contributed by atoms with van der Waals surface area (Å²) in [6, 6.07) is 9.94. The molecule has 7 nitrogen and oxygen atoms in total. The number of amides is 1. The van der Waals surface area contributed by atoms with Crippen LogP contribution in [0.5, 0.6) is 5.75 Å². The van der Waals surface area contributed by atoms with Crippen LogP contribution in [-0.2, 0) is 21.2 Å². The fourth-order valence-corrected chi connectivity index (χ4v) is 4.30. The Labute approximate surface area is 175 Å². The summed E-state index contributed by atoms with van der Waals surface area (Å²) in [5.74, 6) is -0.785. The molecule has 1 aliphatic heterocycles. The fraction of sp³-hybridized carbons (Fsp3) is 0.381. The molecule has 0 radical (unpaired) electrons. The second kappa shape index (κ2) is 9.44. The number of nitrogens with one attached hydrogen (secondary N) is 1. The molecule has 162 valence electrons. The van der Waals surface area contributed by atoms with Crippen LogP contribution in [0.4, 0.5) is 10.1 Å². The van der Waals surface area contributed by atoms with Gasteiger partial charge in [0.25, 0.3) is 10.0 Å². The average Bonchev–Trinajstić information content (AvgIpc) is 2.71. The zero-order valence-corrected chi connectivity index (χ0v) is 17.5. The lowest BCUT2D eigenvalue weighted by atomic mass is 10.1. The molecule has 1 amide bonds. The number of nitrogens with zero attached hydrogens (tertiary/aromatic N) is 1. The highest BCUT2D eigenvalue weighted by molar-refractivity contribution is 7.92. The molecule has 3 rings (SSSR count). The summed E-state index contributed by atoms with van der Waals surface area (Å²) in [5, 5.41) is 9.54. The number of hydrogen-bond acceptors (Lipinski definition) is 5. The predicted molar refractivity (Wildman–Crippen MR) is 110 cm³/mol. The van der Waals surface area contributed by atoms with E-state index in [2.05, 4.69) is 4.72 Å². The van der Waals surface area contributed by atoms with E-state index in [0.29, 0.717) is 31.6 Å². The standard InChI is InChI=1S/C21H25FN2O5S/c1-2-29-20-8-7-18(14-19(20)22)30(27,28)23-16-5-3-15(4-6-16)13-21(26)24-11-9-17(25)10-12-24/h3-8,14,17,23,25H,2,9-13H2,1H3. The smallest absolute Gasteiger partial charge is 0.262 e. The molecule has 0 unspecified atom stereocenters. The monoisotopic (exact) mass is 436 g/mol. The van der Waals surface area contributed by atoms with Gasteiger partial charge in [-0.2, -0.15) is 0 Å². The van der Waals surface area contributed by atoms with Gasteiger partial charge in [0, 0.05) is 18.8 Å². The van der Waals surface area contributed by atoms with E-state index < -0.39 is 15.8 Å². The SMILES string of the molecule is CCOc1ccc(S(=O)(=O)Nc2ccc(CC(=O)N3CCC(O)CC3)cc2)cc1F. The third-order valence-corrected chi connectivity index (χ3v) is 6.27. The Kier molecular flexibility index (Phi) is 6.94. The van der Waals surface area contributed by atoms with Gasteiger partial charge >= 0.3 is 0 Å². The molecule has 0 atom stereocenters. The zero-order chi connectivity index (χ0) is 21.7. The highest BCUT2D eigenvalue weighted by Gasteiger charge is 2.21. The third-order valence-electron chi connectivity index (χ3n) is 4.89. The van der Waals surface area contributed by atoms with Crippen molar-refractivity contribution < 1.29 is 27.4 Å². The summed E-state index contributed by atoms with van der Waals surface area (Å²) in [6.07, 6.45) is 1.02. The van der Waals surface area contributed by atoms with Crippen LogP contribution in [0.2, 0.25) is 0 Å². The number of piperidine rings is 1. The van der Waals surface area contributed by atoms with Crippen molar-refractivity contribution in [3.05, 3.63) is 53.8 Å². The summed E-state index contributed by atoms with van der Waals surface area (Å²) in [7, 11) is -3.97. The Balaban J connectivity index is 1.63. The quantitative estimate of drug-likeness (QED) is 0.696. The van der Waals surface area contributed by atoms with Crippen molar-refractivity contribution in [2.45, 2.75) is 37.2 Å². The van der Waals surface area contributed by atoms with Crippen LogP contribution >= 0.6 is 0 Å². The maximum absolute atomic E-state index is 14.0. The summed E-state index contributed by atoms with van der Waals surface area (Å²) in [5.41, 5.74) is 1.06. The van der Waals surface area contributed by atoms with E-state index in [0.717, 1.165) is 11.6 Å². The van der Waals surface area contributed by atoms with Crippen LogP contribution in [0.25, 0.3) is 0 Å². The van der Waals surface area contributed by atoms with E-state index in [1.165, 1.54) is 12.1 Å². The molecule has 30 heavy (non-hydrogen) atoms. The molecular formula is C21H25FN2O5S. The van der Waals surface area contributed by atoms with Gasteiger partial charge in [0.2, 0.25) is 5.91 Å². The molecule has 1 saturated heterocycles. The van der Waals surface area contributed by atoms with Crippen LogP contribution in [-0.4, -0.2) is 50.1 Å². The molecular weight excluding hydrogens is 411 g/mol. The molecule has 0 bridgehead atoms. The lowest BCUT2D eigenvalue weighted by Gasteiger charge is -2.29. The lowest BCUT2D eigenvalue weighted by molar-refractivity contribution is -0.132. The van der Waals surface area contributed by atoms with Crippen molar-refractivity contribution >= 4 is 21.6 Å². The number of carbonyl (C=O) groups is 1. The number of carbonyl (C=O) groups excluding carboxylic acids is 1. The number of anilines is 1. The molecule has 0 saturated carbocycles. The van der Waals surface area contributed by atoms with Gasteiger partial charge in [0.1, 0.15) is 0 Å². The molecule has 9 heteroatoms. The fourth-order valence-electron chi connectivity index (χ4n) is 3.23. The van der Waals surface area contributed by atoms with Gasteiger partial charge in [0.05, 0.1) is 24.0 Å². The van der Waals surface area contributed by atoms with Gasteiger partial charge in [-0.25, -0.2) is 12.8 Å². The Morgan fingerprint density at radius 1 is 1.20 bits per heavy atom. The highest BCUT2D eigenvalue weighted by atomic mass is 32.2. The first-order valence-corrected chi connectivity index (χ1v) is 11.3. The molecule has 0 aliphatic carbocycles. The van der Waals surface area contributed by atoms with Gasteiger partial charge in [-0.15, -0.1) is 0 Å². The number of ether oxygens (including phenoxy) is 1. The summed E-state index contributed by atoms with van der Waals surface area (Å²) < 4.78 is 46.5. The van der Waals surface area contributed by atoms with Crippen molar-refractivity contribution in [3.8, 4) is 5.75 Å². The maximum atomic E-state index is 14.0. The van der Waals surface area contributed by atoms with Gasteiger partial charge in [-0.1, -0.05) is 12.1 Å². The molecule has 2 aromatic carbocycles. The molecule has 1 aliphatic rings. The molecule has 2 N–H and O–H groups in total. The first-order valence-electron chi connectivity index (χ1n) is 9.78. The second-order valence-corrected chi connectivity index (χ2v) is 8.80. The maximum Gasteiger partial charge on any atom is 0.262 e. The lowest BCUT2D eigenvalue weighted by Crippen LogP contribution is -2.40. The normalized spacial score (nSPS) is 15.1. The van der Waals surface area contributed by atoms with Gasteiger partial charge in [0.15, 0.2) is 11.6 Å². The number of sulfonamides is 1. The van der Waals surface area contributed by atoms with Crippen molar-refractivity contribution in [1.29, 1.82) is 0 Å². The Bertz CT molecular complexity index is 987. The van der Waals surface area contributed by atoms with Crippen LogP contribution in [0.15, 0.2) is 47.4 Å². The minimum atomic E-state index is -3.97. The number of hydrogen-bond donors (Lipinski definition) is 2. The van der Waals surface area contributed by atoms with Crippen molar-refractivity contribution in [3.63, 3.8) is 0 Å². The minimum Gasteiger partial charge on any atom is -0.491 e. The molecule has 2 aromatic rings. The van der Waals surface area contributed by atoms with Gasteiger partial charge in [-0.05, 0) is 55.7 Å². The Morgan fingerprint density at radius 3 is 2.47 bits per heavy atom. The van der Waals surface area contributed by atoms with Crippen molar-refractivity contribution in [2.75, 3.05) is 24.4 Å². The number of aliphatic hydroxyl groups excluding tert-OH is 1. The second-order valence-electron chi connectivity index (χ2n) is 7.12. The predicted octanol–water partition coefficient (Wildman–Crippen LogP) is 2.55. The van der Waals surface area contributed by atoms with E-state index in [9.17, 15) is 22.7 Å². The molecule has 1 heterocycles. The van der Waals surface area contributed by atoms with Gasteiger partial charge < -0.3 is 14.7 Å². The first-order chi connectivity index (χ1) is 14.3. The molecule has 0 aromatic heterocycles. The van der Waals surface area contributed by atoms with Crippen LogP contribution in [0, 0.1) is 5.82 Å².